The van der Waals surface area contributed by atoms with Crippen molar-refractivity contribution >= 4 is 17.7 Å². The first-order valence-corrected chi connectivity index (χ1v) is 6.43. The van der Waals surface area contributed by atoms with Gasteiger partial charge in [0.15, 0.2) is 0 Å². The van der Waals surface area contributed by atoms with Gasteiger partial charge in [0, 0.05) is 11.1 Å². The van der Waals surface area contributed by atoms with Gasteiger partial charge in [-0.25, -0.2) is 0 Å². The van der Waals surface area contributed by atoms with Crippen LogP contribution in [0.25, 0.3) is 0 Å². The maximum atomic E-state index is 12.3. The quantitative estimate of drug-likeness (QED) is 0.532. The zero-order chi connectivity index (χ0) is 15.4. The van der Waals surface area contributed by atoms with Crippen molar-refractivity contribution in [1.29, 1.82) is 0 Å². The van der Waals surface area contributed by atoms with E-state index in [0.717, 1.165) is 11.1 Å². The molecule has 1 saturated heterocycles. The molecule has 3 amide bonds. The van der Waals surface area contributed by atoms with Gasteiger partial charge in [-0.15, -0.1) is 0 Å². The van der Waals surface area contributed by atoms with Crippen LogP contribution in [0.3, 0.4) is 0 Å². The number of nitrogens with zero attached hydrogens (tertiary/aromatic N) is 1. The maximum absolute atomic E-state index is 12.3. The number of hydrogen-bond acceptors (Lipinski definition) is 4. The third-order valence-corrected chi connectivity index (χ3v) is 3.03. The first-order chi connectivity index (χ1) is 10.0. The number of nitrogens with two attached hydrogens (primary N) is 1. The van der Waals surface area contributed by atoms with Crippen LogP contribution in [0.15, 0.2) is 18.2 Å². The number of aryl methyl sites for hydroxylation is 1. The second-order valence-electron chi connectivity index (χ2n) is 4.67. The van der Waals surface area contributed by atoms with Crippen molar-refractivity contribution in [2.45, 2.75) is 6.92 Å². The highest BCUT2D eigenvalue weighted by atomic mass is 16.2. The fourth-order valence-electron chi connectivity index (χ4n) is 2.05. The van der Waals surface area contributed by atoms with Gasteiger partial charge in [-0.1, -0.05) is 11.8 Å². The molecule has 0 aliphatic carbocycles. The Kier molecular flexibility index (Phi) is 4.36. The van der Waals surface area contributed by atoms with E-state index in [1.807, 2.05) is 6.92 Å². The molecule has 0 saturated carbocycles. The highest BCUT2D eigenvalue weighted by Gasteiger charge is 2.27. The molecule has 1 aliphatic heterocycles. The van der Waals surface area contributed by atoms with Gasteiger partial charge in [0.2, 0.25) is 11.8 Å². The first-order valence-electron chi connectivity index (χ1n) is 6.43. The number of benzene rings is 1. The summed E-state index contributed by atoms with van der Waals surface area (Å²) in [5.74, 6) is 4.38. The van der Waals surface area contributed by atoms with Crippen LogP contribution in [0.1, 0.15) is 21.5 Å². The smallest absolute Gasteiger partial charge is 0.254 e. The van der Waals surface area contributed by atoms with Crippen molar-refractivity contribution in [2.75, 3.05) is 19.6 Å². The molecule has 0 atom stereocenters. The fourth-order valence-corrected chi connectivity index (χ4v) is 2.05. The summed E-state index contributed by atoms with van der Waals surface area (Å²) in [5, 5.41) is 2.16. The molecule has 0 radical (unpaired) electrons. The van der Waals surface area contributed by atoms with Crippen molar-refractivity contribution in [1.82, 2.24) is 10.2 Å². The van der Waals surface area contributed by atoms with Crippen LogP contribution >= 0.6 is 0 Å². The zero-order valence-electron chi connectivity index (χ0n) is 11.6. The van der Waals surface area contributed by atoms with E-state index in [1.165, 1.54) is 4.90 Å². The molecular weight excluding hydrogens is 270 g/mol. The topological polar surface area (TPSA) is 92.5 Å². The van der Waals surface area contributed by atoms with Crippen LogP contribution in [0.4, 0.5) is 0 Å². The molecule has 0 unspecified atom stereocenters. The Hall–Kier alpha value is -2.65. The van der Waals surface area contributed by atoms with Crippen molar-refractivity contribution in [3.8, 4) is 11.8 Å². The molecule has 3 N–H and O–H groups in total. The van der Waals surface area contributed by atoms with Crippen LogP contribution in [0, 0.1) is 18.8 Å². The Morgan fingerprint density at radius 2 is 2.00 bits per heavy atom. The molecular formula is C15H15N3O3. The lowest BCUT2D eigenvalue weighted by Crippen LogP contribution is -2.53. The normalized spacial score (nSPS) is 14.3. The molecule has 108 valence electrons. The van der Waals surface area contributed by atoms with E-state index in [4.69, 9.17) is 5.73 Å². The van der Waals surface area contributed by atoms with E-state index in [9.17, 15) is 14.4 Å². The molecule has 2 rings (SSSR count). The Morgan fingerprint density at radius 3 is 2.57 bits per heavy atom. The molecule has 1 heterocycles. The molecule has 0 bridgehead atoms. The largest absolute Gasteiger partial charge is 0.320 e. The van der Waals surface area contributed by atoms with Gasteiger partial charge >= 0.3 is 0 Å². The summed E-state index contributed by atoms with van der Waals surface area (Å²) in [5.41, 5.74) is 7.39. The van der Waals surface area contributed by atoms with E-state index < -0.39 is 11.8 Å². The summed E-state index contributed by atoms with van der Waals surface area (Å²) in [4.78, 5) is 36.1. The number of hydrogen-bond donors (Lipinski definition) is 2. The van der Waals surface area contributed by atoms with Gasteiger partial charge in [0.05, 0.1) is 6.54 Å². The highest BCUT2D eigenvalue weighted by Crippen LogP contribution is 2.13. The average molecular weight is 285 g/mol. The molecule has 1 aromatic carbocycles. The van der Waals surface area contributed by atoms with Crippen molar-refractivity contribution < 1.29 is 14.4 Å². The van der Waals surface area contributed by atoms with Crippen molar-refractivity contribution in [3.05, 3.63) is 34.9 Å². The lowest BCUT2D eigenvalue weighted by atomic mass is 10.0. The number of nitrogens with one attached hydrogen (secondary N) is 1. The lowest BCUT2D eigenvalue weighted by Gasteiger charge is -2.25. The predicted octanol–water partition coefficient (Wildman–Crippen LogP) is -0.596. The van der Waals surface area contributed by atoms with E-state index in [-0.39, 0.29) is 25.5 Å². The molecule has 1 aromatic rings. The van der Waals surface area contributed by atoms with Gasteiger partial charge in [0.1, 0.15) is 13.1 Å². The summed E-state index contributed by atoms with van der Waals surface area (Å²) in [6.45, 7) is 1.88. The van der Waals surface area contributed by atoms with Crippen LogP contribution < -0.4 is 11.1 Å². The van der Waals surface area contributed by atoms with E-state index >= 15 is 0 Å². The minimum absolute atomic E-state index is 0.113. The van der Waals surface area contributed by atoms with Crippen molar-refractivity contribution in [3.63, 3.8) is 0 Å². The lowest BCUT2D eigenvalue weighted by molar-refractivity contribution is -0.135. The number of piperazine rings is 1. The number of rotatable bonds is 1. The monoisotopic (exact) mass is 285 g/mol. The SMILES string of the molecule is Cc1cc(C(=O)N2CC(=O)NC(=O)C2)ccc1C#CCN. The minimum Gasteiger partial charge on any atom is -0.320 e. The van der Waals surface area contributed by atoms with Gasteiger partial charge in [0.25, 0.3) is 5.91 Å². The Morgan fingerprint density at radius 1 is 1.33 bits per heavy atom. The molecule has 6 nitrogen and oxygen atoms in total. The van der Waals surface area contributed by atoms with Crippen LogP contribution in [-0.4, -0.2) is 42.3 Å². The standard InChI is InChI=1S/C15H15N3O3/c1-10-7-12(5-4-11(10)3-2-6-16)15(21)18-8-13(19)17-14(20)9-18/h4-5,7H,6,8-9,16H2,1H3,(H,17,19,20). The summed E-state index contributed by atoms with van der Waals surface area (Å²) in [6.07, 6.45) is 0. The van der Waals surface area contributed by atoms with Crippen LogP contribution in [0.5, 0.6) is 0 Å². The molecule has 0 spiro atoms. The van der Waals surface area contributed by atoms with E-state index in [1.54, 1.807) is 18.2 Å². The second-order valence-corrected chi connectivity index (χ2v) is 4.67. The van der Waals surface area contributed by atoms with E-state index in [0.29, 0.717) is 5.56 Å². The summed E-state index contributed by atoms with van der Waals surface area (Å²) in [7, 11) is 0. The number of carbonyl (C=O) groups is 3. The number of amides is 3. The number of carbonyl (C=O) groups excluding carboxylic acids is 3. The number of imide groups is 1. The highest BCUT2D eigenvalue weighted by molar-refractivity contribution is 6.05. The zero-order valence-corrected chi connectivity index (χ0v) is 11.6. The van der Waals surface area contributed by atoms with Crippen LogP contribution in [-0.2, 0) is 9.59 Å². The Labute approximate surface area is 122 Å². The summed E-state index contributed by atoms with van der Waals surface area (Å²) >= 11 is 0. The average Bonchev–Trinajstić information content (AvgIpc) is 2.44. The summed E-state index contributed by atoms with van der Waals surface area (Å²) in [6, 6.07) is 5.06. The van der Waals surface area contributed by atoms with Gasteiger partial charge in [-0.2, -0.15) is 0 Å². The summed E-state index contributed by atoms with van der Waals surface area (Å²) < 4.78 is 0. The first kappa shape index (κ1) is 14.8. The van der Waals surface area contributed by atoms with Crippen molar-refractivity contribution in [2.24, 2.45) is 5.73 Å². The second kappa shape index (κ2) is 6.20. The molecule has 6 heteroatoms. The maximum Gasteiger partial charge on any atom is 0.254 e. The van der Waals surface area contributed by atoms with Gasteiger partial charge < -0.3 is 10.6 Å². The molecule has 0 aromatic heterocycles. The minimum atomic E-state index is -0.471. The molecule has 21 heavy (non-hydrogen) atoms. The van der Waals surface area contributed by atoms with Gasteiger partial charge in [-0.3, -0.25) is 19.7 Å². The molecule has 1 aliphatic rings. The van der Waals surface area contributed by atoms with E-state index in [2.05, 4.69) is 17.2 Å². The fraction of sp³-hybridized carbons (Fsp3) is 0.267. The Bertz CT molecular complexity index is 654. The third-order valence-electron chi connectivity index (χ3n) is 3.03. The van der Waals surface area contributed by atoms with Gasteiger partial charge in [-0.05, 0) is 30.7 Å². The molecule has 1 fully saturated rings. The predicted molar refractivity (Wildman–Crippen MR) is 76.2 cm³/mol. The third kappa shape index (κ3) is 3.46. The van der Waals surface area contributed by atoms with Crippen LogP contribution in [0.2, 0.25) is 0 Å². The Balaban J connectivity index is 2.21.